The summed E-state index contributed by atoms with van der Waals surface area (Å²) in [5, 5.41) is 9.97. The Labute approximate surface area is 109 Å². The lowest BCUT2D eigenvalue weighted by molar-refractivity contribution is 0.149. The number of para-hydroxylation sites is 1. The van der Waals surface area contributed by atoms with E-state index in [0.29, 0.717) is 11.8 Å². The molecule has 0 radical (unpaired) electrons. The number of benzene rings is 1. The average molecular weight is 243 g/mol. The maximum Gasteiger partial charge on any atom is 0.127 e. The van der Waals surface area contributed by atoms with Crippen LogP contribution in [-0.2, 0) is 0 Å². The standard InChI is InChI=1S/C16H21NO/c1-11-3-2-4-14(16(11)18)10-17-15-9-12-5-7-13(15)8-6-12/h2-4,10,12-13,15,18H,5-9H2,1H3. The van der Waals surface area contributed by atoms with Crippen LogP contribution >= 0.6 is 0 Å². The molecule has 1 aromatic carbocycles. The smallest absolute Gasteiger partial charge is 0.127 e. The lowest BCUT2D eigenvalue weighted by Crippen LogP contribution is -2.34. The maximum atomic E-state index is 9.97. The molecule has 1 N–H and O–H groups in total. The van der Waals surface area contributed by atoms with Crippen LogP contribution in [0.2, 0.25) is 0 Å². The number of aryl methyl sites for hydroxylation is 1. The van der Waals surface area contributed by atoms with Crippen molar-refractivity contribution in [2.75, 3.05) is 0 Å². The summed E-state index contributed by atoms with van der Waals surface area (Å²) >= 11 is 0. The van der Waals surface area contributed by atoms with Crippen LogP contribution in [0.4, 0.5) is 0 Å². The van der Waals surface area contributed by atoms with Gasteiger partial charge < -0.3 is 5.11 Å². The molecule has 2 heteroatoms. The summed E-state index contributed by atoms with van der Waals surface area (Å²) in [4.78, 5) is 4.75. The number of hydrogen-bond donors (Lipinski definition) is 1. The first-order chi connectivity index (χ1) is 8.74. The van der Waals surface area contributed by atoms with Crippen molar-refractivity contribution in [1.29, 1.82) is 0 Å². The Kier molecular flexibility index (Phi) is 3.11. The van der Waals surface area contributed by atoms with Gasteiger partial charge in [0.05, 0.1) is 6.04 Å². The molecule has 2 bridgehead atoms. The lowest BCUT2D eigenvalue weighted by atomic mass is 9.68. The first-order valence-corrected chi connectivity index (χ1v) is 7.06. The van der Waals surface area contributed by atoms with Crippen molar-refractivity contribution in [3.05, 3.63) is 29.3 Å². The van der Waals surface area contributed by atoms with Crippen molar-refractivity contribution >= 4 is 6.21 Å². The molecule has 4 rings (SSSR count). The Morgan fingerprint density at radius 1 is 1.22 bits per heavy atom. The van der Waals surface area contributed by atoms with Crippen LogP contribution < -0.4 is 0 Å². The third-order valence-corrected chi connectivity index (χ3v) is 4.68. The molecular formula is C16H21NO. The van der Waals surface area contributed by atoms with Gasteiger partial charge in [-0.15, -0.1) is 0 Å². The molecule has 0 heterocycles. The summed E-state index contributed by atoms with van der Waals surface area (Å²) in [6.45, 7) is 1.93. The largest absolute Gasteiger partial charge is 0.507 e. The summed E-state index contributed by atoms with van der Waals surface area (Å²) in [6.07, 6.45) is 8.67. The first kappa shape index (κ1) is 11.8. The fraction of sp³-hybridized carbons (Fsp3) is 0.562. The molecule has 1 atom stereocenters. The van der Waals surface area contributed by atoms with Gasteiger partial charge in [0.2, 0.25) is 0 Å². The Bertz CT molecular complexity index is 458. The van der Waals surface area contributed by atoms with Crippen molar-refractivity contribution in [2.24, 2.45) is 16.8 Å². The topological polar surface area (TPSA) is 32.6 Å². The number of phenols is 1. The van der Waals surface area contributed by atoms with Gasteiger partial charge in [0.15, 0.2) is 0 Å². The molecule has 3 aliphatic carbocycles. The maximum absolute atomic E-state index is 9.97. The van der Waals surface area contributed by atoms with Crippen LogP contribution in [0.3, 0.4) is 0 Å². The van der Waals surface area contributed by atoms with Gasteiger partial charge in [-0.1, -0.05) is 25.0 Å². The van der Waals surface area contributed by atoms with Crippen molar-refractivity contribution in [1.82, 2.24) is 0 Å². The van der Waals surface area contributed by atoms with Gasteiger partial charge >= 0.3 is 0 Å². The SMILES string of the molecule is Cc1cccc(C=NC2CC3CCC2CC3)c1O. The summed E-state index contributed by atoms with van der Waals surface area (Å²) in [7, 11) is 0. The second kappa shape index (κ2) is 4.75. The van der Waals surface area contributed by atoms with Gasteiger partial charge in [-0.3, -0.25) is 4.99 Å². The van der Waals surface area contributed by atoms with E-state index in [1.54, 1.807) is 0 Å². The van der Waals surface area contributed by atoms with E-state index in [9.17, 15) is 5.11 Å². The highest BCUT2D eigenvalue weighted by atomic mass is 16.3. The number of phenolic OH excluding ortho intramolecular Hbond substituents is 1. The molecule has 0 saturated heterocycles. The van der Waals surface area contributed by atoms with E-state index in [0.717, 1.165) is 23.0 Å². The fourth-order valence-electron chi connectivity index (χ4n) is 3.49. The Balaban J connectivity index is 1.76. The second-order valence-electron chi connectivity index (χ2n) is 5.87. The third-order valence-electron chi connectivity index (χ3n) is 4.68. The highest BCUT2D eigenvalue weighted by Gasteiger charge is 2.34. The monoisotopic (exact) mass is 243 g/mol. The first-order valence-electron chi connectivity index (χ1n) is 7.06. The molecule has 1 aromatic rings. The van der Waals surface area contributed by atoms with Gasteiger partial charge in [-0.2, -0.15) is 0 Å². The highest BCUT2D eigenvalue weighted by Crippen LogP contribution is 2.42. The minimum Gasteiger partial charge on any atom is -0.507 e. The number of aliphatic imine (C=N–C) groups is 1. The number of aromatic hydroxyl groups is 1. The Morgan fingerprint density at radius 2 is 2.00 bits per heavy atom. The number of hydrogen-bond acceptors (Lipinski definition) is 2. The van der Waals surface area contributed by atoms with Gasteiger partial charge in [-0.05, 0) is 49.7 Å². The predicted octanol–water partition coefficient (Wildman–Crippen LogP) is 3.70. The summed E-state index contributed by atoms with van der Waals surface area (Å²) in [5.74, 6) is 2.07. The van der Waals surface area contributed by atoms with Crippen LogP contribution in [0.5, 0.6) is 5.75 Å². The van der Waals surface area contributed by atoms with Crippen LogP contribution in [-0.4, -0.2) is 17.4 Å². The zero-order valence-corrected chi connectivity index (χ0v) is 11.0. The van der Waals surface area contributed by atoms with Crippen LogP contribution in [0.1, 0.15) is 43.2 Å². The molecule has 0 amide bonds. The molecule has 0 aromatic heterocycles. The van der Waals surface area contributed by atoms with Crippen molar-refractivity contribution in [3.63, 3.8) is 0 Å². The van der Waals surface area contributed by atoms with E-state index in [4.69, 9.17) is 4.99 Å². The minimum atomic E-state index is 0.377. The van der Waals surface area contributed by atoms with E-state index in [1.807, 2.05) is 31.3 Å². The van der Waals surface area contributed by atoms with E-state index in [2.05, 4.69) is 0 Å². The molecule has 3 saturated carbocycles. The third kappa shape index (κ3) is 2.16. The van der Waals surface area contributed by atoms with Crippen LogP contribution in [0, 0.1) is 18.8 Å². The number of rotatable bonds is 2. The second-order valence-corrected chi connectivity index (χ2v) is 5.87. The zero-order valence-electron chi connectivity index (χ0n) is 11.0. The summed E-state index contributed by atoms with van der Waals surface area (Å²) in [5.41, 5.74) is 1.78. The average Bonchev–Trinajstić information content (AvgIpc) is 2.42. The van der Waals surface area contributed by atoms with Gasteiger partial charge in [0.1, 0.15) is 5.75 Å². The molecule has 2 nitrogen and oxygen atoms in total. The molecule has 0 spiro atoms. The van der Waals surface area contributed by atoms with Crippen LogP contribution in [0.15, 0.2) is 23.2 Å². The molecule has 1 unspecified atom stereocenters. The normalized spacial score (nSPS) is 31.1. The van der Waals surface area contributed by atoms with Gasteiger partial charge in [-0.25, -0.2) is 0 Å². The van der Waals surface area contributed by atoms with Crippen molar-refractivity contribution < 1.29 is 5.11 Å². The van der Waals surface area contributed by atoms with Crippen molar-refractivity contribution in [3.8, 4) is 5.75 Å². The number of nitrogens with zero attached hydrogens (tertiary/aromatic N) is 1. The molecular weight excluding hydrogens is 222 g/mol. The van der Waals surface area contributed by atoms with Gasteiger partial charge in [0.25, 0.3) is 0 Å². The zero-order chi connectivity index (χ0) is 12.5. The quantitative estimate of drug-likeness (QED) is 0.789. The lowest BCUT2D eigenvalue weighted by Gasteiger charge is -2.40. The predicted molar refractivity (Wildman–Crippen MR) is 74.3 cm³/mol. The molecule has 18 heavy (non-hydrogen) atoms. The van der Waals surface area contributed by atoms with Crippen molar-refractivity contribution in [2.45, 2.75) is 45.1 Å². The van der Waals surface area contributed by atoms with Crippen LogP contribution in [0.25, 0.3) is 0 Å². The van der Waals surface area contributed by atoms with E-state index < -0.39 is 0 Å². The Hall–Kier alpha value is -1.31. The number of fused-ring (bicyclic) bond motifs is 3. The molecule has 3 fully saturated rings. The molecule has 0 aliphatic heterocycles. The van der Waals surface area contributed by atoms with E-state index in [1.165, 1.54) is 32.1 Å². The van der Waals surface area contributed by atoms with E-state index in [-0.39, 0.29) is 0 Å². The van der Waals surface area contributed by atoms with E-state index >= 15 is 0 Å². The molecule has 3 aliphatic rings. The summed E-state index contributed by atoms with van der Waals surface area (Å²) < 4.78 is 0. The fourth-order valence-corrected chi connectivity index (χ4v) is 3.49. The van der Waals surface area contributed by atoms with Gasteiger partial charge in [0, 0.05) is 11.8 Å². The highest BCUT2D eigenvalue weighted by molar-refractivity contribution is 5.84. The minimum absolute atomic E-state index is 0.377. The summed E-state index contributed by atoms with van der Waals surface area (Å²) in [6, 6.07) is 6.34. The molecule has 96 valence electrons. The Morgan fingerprint density at radius 3 is 2.67 bits per heavy atom.